The molecule has 2 aliphatic heterocycles. The Morgan fingerprint density at radius 1 is 0.914 bits per heavy atom. The molecule has 0 spiro atoms. The Hall–Kier alpha value is -4.07. The van der Waals surface area contributed by atoms with Gasteiger partial charge in [0.25, 0.3) is 0 Å². The van der Waals surface area contributed by atoms with E-state index in [1.54, 1.807) is 12.1 Å². The molecule has 8 heteroatoms. The highest BCUT2D eigenvalue weighted by Crippen LogP contribution is 2.56. The van der Waals surface area contributed by atoms with Crippen LogP contribution in [0.4, 0.5) is 5.69 Å². The van der Waals surface area contributed by atoms with Gasteiger partial charge in [-0.3, -0.25) is 4.79 Å². The van der Waals surface area contributed by atoms with E-state index in [2.05, 4.69) is 5.32 Å². The maximum atomic E-state index is 13.2. The quantitative estimate of drug-likeness (QED) is 0.530. The van der Waals surface area contributed by atoms with Gasteiger partial charge in [0.05, 0.1) is 32.8 Å². The maximum Gasteiger partial charge on any atom is 0.310 e. The van der Waals surface area contributed by atoms with Crippen LogP contribution in [0, 0.1) is 11.8 Å². The summed E-state index contributed by atoms with van der Waals surface area (Å²) >= 11 is 0. The van der Waals surface area contributed by atoms with Gasteiger partial charge in [-0.05, 0) is 53.1 Å². The van der Waals surface area contributed by atoms with Crippen LogP contribution in [0.2, 0.25) is 0 Å². The standard InChI is InChI=1S/C27H25NO7/c1-31-21-8-14(9-22(32-2)26(21)29)23-16-10-19-20(35-13-34-19)11-17(16)25(18-12-33-27(30)24(18)23)28-15-6-4-3-5-7-15/h3-11,18,23-25,28-29H,12-13H2,1-2H3/t18-,23+,24-,25?/m0/s1. The molecule has 0 amide bonds. The first-order valence-corrected chi connectivity index (χ1v) is 11.5. The Morgan fingerprint density at radius 3 is 2.23 bits per heavy atom. The number of carbonyl (C=O) groups excluding carboxylic acids is 1. The van der Waals surface area contributed by atoms with Crippen molar-refractivity contribution in [2.75, 3.05) is 32.9 Å². The molecule has 1 fully saturated rings. The summed E-state index contributed by atoms with van der Waals surface area (Å²) in [6, 6.07) is 17.2. The van der Waals surface area contributed by atoms with E-state index in [0.29, 0.717) is 18.1 Å². The Labute approximate surface area is 202 Å². The molecule has 0 bridgehead atoms. The second-order valence-electron chi connectivity index (χ2n) is 8.89. The molecule has 2 N–H and O–H groups in total. The zero-order valence-corrected chi connectivity index (χ0v) is 19.3. The van der Waals surface area contributed by atoms with Crippen LogP contribution >= 0.6 is 0 Å². The number of benzene rings is 3. The number of cyclic esters (lactones) is 1. The number of methoxy groups -OCH3 is 2. The van der Waals surface area contributed by atoms with Crippen molar-refractivity contribution in [3.05, 3.63) is 71.3 Å². The van der Waals surface area contributed by atoms with Crippen molar-refractivity contribution in [1.82, 2.24) is 0 Å². The zero-order chi connectivity index (χ0) is 24.1. The molecular weight excluding hydrogens is 450 g/mol. The van der Waals surface area contributed by atoms with Crippen LogP contribution in [-0.4, -0.2) is 38.7 Å². The summed E-state index contributed by atoms with van der Waals surface area (Å²) in [6.07, 6.45) is 0. The van der Waals surface area contributed by atoms with Gasteiger partial charge in [0.1, 0.15) is 0 Å². The molecule has 3 aromatic rings. The highest BCUT2D eigenvalue weighted by molar-refractivity contribution is 5.79. The Balaban J connectivity index is 1.56. The van der Waals surface area contributed by atoms with E-state index in [4.69, 9.17) is 23.7 Å². The molecule has 35 heavy (non-hydrogen) atoms. The molecule has 8 nitrogen and oxygen atoms in total. The molecular formula is C27H25NO7. The van der Waals surface area contributed by atoms with Gasteiger partial charge in [-0.2, -0.15) is 0 Å². The van der Waals surface area contributed by atoms with Gasteiger partial charge in [0.2, 0.25) is 12.5 Å². The Kier molecular flexibility index (Phi) is 5.09. The van der Waals surface area contributed by atoms with Gasteiger partial charge in [-0.1, -0.05) is 18.2 Å². The van der Waals surface area contributed by atoms with Gasteiger partial charge < -0.3 is 34.1 Å². The molecule has 1 aliphatic carbocycles. The third-order valence-corrected chi connectivity index (χ3v) is 7.14. The highest BCUT2D eigenvalue weighted by atomic mass is 16.7. The summed E-state index contributed by atoms with van der Waals surface area (Å²) < 4.78 is 27.9. The van der Waals surface area contributed by atoms with Crippen LogP contribution < -0.4 is 24.3 Å². The van der Waals surface area contributed by atoms with E-state index in [9.17, 15) is 9.90 Å². The molecule has 4 atom stereocenters. The van der Waals surface area contributed by atoms with E-state index in [1.807, 2.05) is 42.5 Å². The average Bonchev–Trinajstić information content (AvgIpc) is 3.50. The fourth-order valence-corrected chi connectivity index (χ4v) is 5.55. The van der Waals surface area contributed by atoms with Crippen LogP contribution in [0.25, 0.3) is 0 Å². The van der Waals surface area contributed by atoms with Crippen LogP contribution in [0.15, 0.2) is 54.6 Å². The summed E-state index contributed by atoms with van der Waals surface area (Å²) in [6.45, 7) is 0.445. The minimum Gasteiger partial charge on any atom is -0.502 e. The van der Waals surface area contributed by atoms with Crippen molar-refractivity contribution in [1.29, 1.82) is 0 Å². The lowest BCUT2D eigenvalue weighted by Gasteiger charge is -2.40. The fraction of sp³-hybridized carbons (Fsp3) is 0.296. The maximum absolute atomic E-state index is 13.2. The van der Waals surface area contributed by atoms with Crippen molar-refractivity contribution < 1.29 is 33.6 Å². The summed E-state index contributed by atoms with van der Waals surface area (Å²) in [5, 5.41) is 14.1. The Bertz CT molecular complexity index is 1270. The van der Waals surface area contributed by atoms with Crippen molar-refractivity contribution in [2.45, 2.75) is 12.0 Å². The molecule has 6 rings (SSSR count). The van der Waals surface area contributed by atoms with Crippen molar-refractivity contribution >= 4 is 11.7 Å². The number of hydrogen-bond acceptors (Lipinski definition) is 8. The SMILES string of the molecule is COc1cc([C@@H]2c3cc4c(cc3C(Nc3ccccc3)[C@H]3COC(=O)[C@H]23)OCO4)cc(OC)c1O. The topological polar surface area (TPSA) is 95.5 Å². The van der Waals surface area contributed by atoms with E-state index in [0.717, 1.165) is 22.4 Å². The summed E-state index contributed by atoms with van der Waals surface area (Å²) in [5.41, 5.74) is 3.67. The number of phenols is 1. The van der Waals surface area contributed by atoms with E-state index in [-0.39, 0.29) is 47.9 Å². The number of phenolic OH excluding ortho intramolecular Hbond substituents is 1. The number of rotatable bonds is 5. The number of para-hydroxylation sites is 1. The van der Waals surface area contributed by atoms with Gasteiger partial charge in [-0.15, -0.1) is 0 Å². The second-order valence-corrected chi connectivity index (χ2v) is 8.89. The van der Waals surface area contributed by atoms with Gasteiger partial charge >= 0.3 is 5.97 Å². The molecule has 1 saturated heterocycles. The smallest absolute Gasteiger partial charge is 0.310 e. The molecule has 1 unspecified atom stereocenters. The number of aromatic hydroxyl groups is 1. The molecule has 180 valence electrons. The number of anilines is 1. The van der Waals surface area contributed by atoms with Crippen LogP contribution in [0.3, 0.4) is 0 Å². The monoisotopic (exact) mass is 475 g/mol. The van der Waals surface area contributed by atoms with Crippen molar-refractivity contribution in [3.63, 3.8) is 0 Å². The number of fused-ring (bicyclic) bond motifs is 3. The Morgan fingerprint density at radius 2 is 1.57 bits per heavy atom. The summed E-state index contributed by atoms with van der Waals surface area (Å²) in [7, 11) is 2.97. The highest BCUT2D eigenvalue weighted by Gasteiger charge is 2.52. The molecule has 3 aromatic carbocycles. The minimum atomic E-state index is -0.456. The van der Waals surface area contributed by atoms with E-state index in [1.165, 1.54) is 14.2 Å². The summed E-state index contributed by atoms with van der Waals surface area (Å²) in [5.74, 6) is 0.555. The van der Waals surface area contributed by atoms with Gasteiger partial charge in [0, 0.05) is 17.5 Å². The first-order valence-electron chi connectivity index (χ1n) is 11.5. The first kappa shape index (κ1) is 21.5. The average molecular weight is 475 g/mol. The second kappa shape index (κ2) is 8.30. The fourth-order valence-electron chi connectivity index (χ4n) is 5.55. The van der Waals surface area contributed by atoms with Crippen LogP contribution in [0.5, 0.6) is 28.7 Å². The van der Waals surface area contributed by atoms with E-state index >= 15 is 0 Å². The predicted octanol–water partition coefficient (Wildman–Crippen LogP) is 4.23. The van der Waals surface area contributed by atoms with E-state index < -0.39 is 5.92 Å². The number of hydrogen-bond donors (Lipinski definition) is 2. The van der Waals surface area contributed by atoms with Crippen LogP contribution in [-0.2, 0) is 9.53 Å². The van der Waals surface area contributed by atoms with Crippen molar-refractivity contribution in [2.24, 2.45) is 11.8 Å². The lowest BCUT2D eigenvalue weighted by atomic mass is 9.65. The van der Waals surface area contributed by atoms with Gasteiger partial charge in [-0.25, -0.2) is 0 Å². The van der Waals surface area contributed by atoms with Gasteiger partial charge in [0.15, 0.2) is 23.0 Å². The summed E-state index contributed by atoms with van der Waals surface area (Å²) in [4.78, 5) is 13.2. The molecule has 3 aliphatic rings. The number of esters is 1. The zero-order valence-electron chi connectivity index (χ0n) is 19.3. The third kappa shape index (κ3) is 3.39. The predicted molar refractivity (Wildman–Crippen MR) is 126 cm³/mol. The van der Waals surface area contributed by atoms with Crippen molar-refractivity contribution in [3.8, 4) is 28.7 Å². The third-order valence-electron chi connectivity index (χ3n) is 7.14. The molecule has 0 aromatic heterocycles. The number of carbonyl (C=O) groups is 1. The van der Waals surface area contributed by atoms with Crippen LogP contribution in [0.1, 0.15) is 28.7 Å². The number of nitrogens with one attached hydrogen (secondary N) is 1. The lowest BCUT2D eigenvalue weighted by molar-refractivity contribution is -0.141. The molecule has 0 saturated carbocycles. The largest absolute Gasteiger partial charge is 0.502 e. The number of ether oxygens (including phenoxy) is 5. The molecule has 2 heterocycles. The first-order chi connectivity index (χ1) is 17.1. The lowest BCUT2D eigenvalue weighted by Crippen LogP contribution is -2.37. The minimum absolute atomic E-state index is 0.0883. The molecule has 0 radical (unpaired) electrons. The normalized spacial score (nSPS) is 23.8.